The number of hydrogen-bond donors (Lipinski definition) is 2. The van der Waals surface area contributed by atoms with Crippen LogP contribution < -0.4 is 20.3 Å². The molecule has 2 N–H and O–H groups in total. The van der Waals surface area contributed by atoms with E-state index in [2.05, 4.69) is 21.1 Å². The Morgan fingerprint density at radius 3 is 1.32 bits per heavy atom. The molecule has 2 aromatic rings. The van der Waals surface area contributed by atoms with Crippen LogP contribution in [0.5, 0.6) is 11.5 Å². The molecular weight excluding hydrogens is 496 g/mol. The summed E-state index contributed by atoms with van der Waals surface area (Å²) >= 11 is 1.48. The largest absolute Gasteiger partial charge is 0.427 e. The molecule has 2 aromatic carbocycles. The number of esters is 2. The zero-order valence-corrected chi connectivity index (χ0v) is 22.0. The third-order valence-corrected chi connectivity index (χ3v) is 5.70. The highest BCUT2D eigenvalue weighted by Gasteiger charge is 2.06. The van der Waals surface area contributed by atoms with E-state index in [4.69, 9.17) is 9.47 Å². The number of nitrogens with zero attached hydrogens (tertiary/aromatic N) is 2. The Bertz CT molecular complexity index is 1070. The maximum absolute atomic E-state index is 12.0. The summed E-state index contributed by atoms with van der Waals surface area (Å²) in [5.74, 6) is 0.716. The molecule has 0 saturated carbocycles. The molecule has 2 amide bonds. The van der Waals surface area contributed by atoms with Gasteiger partial charge in [-0.3, -0.25) is 19.2 Å². The fourth-order valence-corrected chi connectivity index (χ4v) is 3.69. The Labute approximate surface area is 219 Å². The van der Waals surface area contributed by atoms with Crippen molar-refractivity contribution < 1.29 is 28.7 Å². The Kier molecular flexibility index (Phi) is 12.0. The highest BCUT2D eigenvalue weighted by atomic mass is 32.2. The smallest absolute Gasteiger partial charge is 0.308 e. The van der Waals surface area contributed by atoms with Crippen LogP contribution in [0.1, 0.15) is 51.7 Å². The highest BCUT2D eigenvalue weighted by Crippen LogP contribution is 2.14. The number of hydrazone groups is 2. The average Bonchev–Trinajstić information content (AvgIpc) is 2.85. The summed E-state index contributed by atoms with van der Waals surface area (Å²) in [6.07, 6.45) is 0.518. The maximum Gasteiger partial charge on any atom is 0.308 e. The Morgan fingerprint density at radius 1 is 0.649 bits per heavy atom. The first kappa shape index (κ1) is 29.2. The molecule has 10 nitrogen and oxygen atoms in total. The van der Waals surface area contributed by atoms with Gasteiger partial charge in [0.1, 0.15) is 11.5 Å². The van der Waals surface area contributed by atoms with Crippen molar-refractivity contribution in [1.29, 1.82) is 0 Å². The lowest BCUT2D eigenvalue weighted by atomic mass is 10.1. The van der Waals surface area contributed by atoms with Gasteiger partial charge in [0.05, 0.1) is 11.4 Å². The highest BCUT2D eigenvalue weighted by molar-refractivity contribution is 7.99. The summed E-state index contributed by atoms with van der Waals surface area (Å²) in [7, 11) is 0. The van der Waals surface area contributed by atoms with Gasteiger partial charge in [0.15, 0.2) is 0 Å². The summed E-state index contributed by atoms with van der Waals surface area (Å²) in [6, 6.07) is 13.6. The van der Waals surface area contributed by atoms with E-state index in [1.807, 2.05) is 0 Å². The molecule has 37 heavy (non-hydrogen) atoms. The number of carbonyl (C=O) groups is 4. The summed E-state index contributed by atoms with van der Waals surface area (Å²) < 4.78 is 9.97. The van der Waals surface area contributed by atoms with E-state index >= 15 is 0 Å². The minimum atomic E-state index is -0.395. The van der Waals surface area contributed by atoms with Crippen molar-refractivity contribution in [1.82, 2.24) is 10.9 Å². The fourth-order valence-electron chi connectivity index (χ4n) is 2.83. The van der Waals surface area contributed by atoms with Crippen LogP contribution in [0.3, 0.4) is 0 Å². The molecule has 2 rings (SSSR count). The van der Waals surface area contributed by atoms with Crippen LogP contribution in [0.4, 0.5) is 0 Å². The lowest BCUT2D eigenvalue weighted by Gasteiger charge is -2.06. The van der Waals surface area contributed by atoms with E-state index in [0.717, 1.165) is 11.1 Å². The summed E-state index contributed by atoms with van der Waals surface area (Å²) in [4.78, 5) is 46.0. The Balaban J connectivity index is 1.64. The first-order chi connectivity index (χ1) is 17.6. The topological polar surface area (TPSA) is 136 Å². The van der Waals surface area contributed by atoms with E-state index in [9.17, 15) is 19.2 Å². The molecule has 0 fully saturated rings. The molecule has 0 saturated heterocycles. The van der Waals surface area contributed by atoms with Crippen molar-refractivity contribution in [3.8, 4) is 11.5 Å². The first-order valence-corrected chi connectivity index (χ1v) is 12.6. The molecule has 0 bridgehead atoms. The van der Waals surface area contributed by atoms with E-state index in [0.29, 0.717) is 34.4 Å². The summed E-state index contributed by atoms with van der Waals surface area (Å²) in [5, 5.41) is 8.19. The molecular formula is C26H30N4O6S. The molecule has 11 heteroatoms. The van der Waals surface area contributed by atoms with Crippen molar-refractivity contribution in [2.75, 3.05) is 11.5 Å². The minimum Gasteiger partial charge on any atom is -0.427 e. The summed E-state index contributed by atoms with van der Waals surface area (Å²) in [6.45, 7) is 6.18. The predicted molar refractivity (Wildman–Crippen MR) is 143 cm³/mol. The third kappa shape index (κ3) is 11.5. The van der Waals surface area contributed by atoms with Crippen LogP contribution in [0.15, 0.2) is 58.7 Å². The second-order valence-electron chi connectivity index (χ2n) is 7.81. The molecule has 0 spiro atoms. The standard InChI is InChI=1S/C26H30N4O6S/c1-17(21-5-9-23(10-6-21)35-19(3)31)27-29-25(33)13-15-37-16-14-26(34)30-28-18(2)22-7-11-24(12-8-22)36-20(4)32/h5-12H,13-16H2,1-4H3,(H,29,33)(H,30,34)/b27-17-,28-18-. The monoisotopic (exact) mass is 526 g/mol. The second-order valence-corrected chi connectivity index (χ2v) is 9.04. The van der Waals surface area contributed by atoms with Crippen LogP contribution >= 0.6 is 11.8 Å². The lowest BCUT2D eigenvalue weighted by molar-refractivity contribution is -0.132. The van der Waals surface area contributed by atoms with Gasteiger partial charge in [-0.25, -0.2) is 10.9 Å². The van der Waals surface area contributed by atoms with Crippen LogP contribution in [0.25, 0.3) is 0 Å². The normalized spacial score (nSPS) is 11.5. The van der Waals surface area contributed by atoms with E-state index in [-0.39, 0.29) is 24.7 Å². The van der Waals surface area contributed by atoms with Gasteiger partial charge >= 0.3 is 11.9 Å². The fraction of sp³-hybridized carbons (Fsp3) is 0.308. The minimum absolute atomic E-state index is 0.229. The molecule has 0 aromatic heterocycles. The SMILES string of the molecule is CC(=O)Oc1ccc(/C(C)=N\NC(=O)CCSCCC(=O)N/N=C(/C)c2ccc(OC(C)=O)cc2)cc1. The predicted octanol–water partition coefficient (Wildman–Crippen LogP) is 3.43. The molecule has 0 aliphatic carbocycles. The number of rotatable bonds is 12. The van der Waals surface area contributed by atoms with Crippen molar-refractivity contribution in [3.63, 3.8) is 0 Å². The number of thioether (sulfide) groups is 1. The maximum atomic E-state index is 12.0. The van der Waals surface area contributed by atoms with Gasteiger partial charge in [-0.2, -0.15) is 22.0 Å². The van der Waals surface area contributed by atoms with Crippen molar-refractivity contribution in [3.05, 3.63) is 59.7 Å². The van der Waals surface area contributed by atoms with Gasteiger partial charge in [0.2, 0.25) is 11.8 Å². The number of hydrogen-bond acceptors (Lipinski definition) is 9. The zero-order valence-electron chi connectivity index (χ0n) is 21.2. The van der Waals surface area contributed by atoms with Crippen molar-refractivity contribution in [2.45, 2.75) is 40.5 Å². The van der Waals surface area contributed by atoms with E-state index in [1.165, 1.54) is 25.6 Å². The van der Waals surface area contributed by atoms with Crippen LogP contribution in [-0.2, 0) is 19.2 Å². The summed E-state index contributed by atoms with van der Waals surface area (Å²) in [5.41, 5.74) is 7.83. The molecule has 196 valence electrons. The van der Waals surface area contributed by atoms with Crippen molar-refractivity contribution in [2.24, 2.45) is 10.2 Å². The third-order valence-electron chi connectivity index (χ3n) is 4.71. The number of benzene rings is 2. The molecule has 0 atom stereocenters. The van der Waals surface area contributed by atoms with Gasteiger partial charge in [-0.15, -0.1) is 0 Å². The van der Waals surface area contributed by atoms with Gasteiger partial charge < -0.3 is 9.47 Å². The molecule has 0 radical (unpaired) electrons. The Hall–Kier alpha value is -3.99. The van der Waals surface area contributed by atoms with Crippen LogP contribution in [0.2, 0.25) is 0 Å². The lowest BCUT2D eigenvalue weighted by Crippen LogP contribution is -2.20. The van der Waals surface area contributed by atoms with Gasteiger partial charge in [0, 0.05) is 38.2 Å². The quantitative estimate of drug-likeness (QED) is 0.142. The van der Waals surface area contributed by atoms with Crippen molar-refractivity contribution >= 4 is 46.9 Å². The Morgan fingerprint density at radius 2 is 1.00 bits per heavy atom. The van der Waals surface area contributed by atoms with Gasteiger partial charge in [-0.05, 0) is 73.5 Å². The molecule has 0 aliphatic heterocycles. The number of carbonyl (C=O) groups excluding carboxylic acids is 4. The zero-order chi connectivity index (χ0) is 27.2. The van der Waals surface area contributed by atoms with Gasteiger partial charge in [0.25, 0.3) is 0 Å². The number of amides is 2. The molecule has 0 aliphatic rings. The van der Waals surface area contributed by atoms with E-state index in [1.54, 1.807) is 62.4 Å². The number of ether oxygens (including phenoxy) is 2. The van der Waals surface area contributed by atoms with E-state index < -0.39 is 11.9 Å². The van der Waals surface area contributed by atoms with Crippen LogP contribution in [0, 0.1) is 0 Å². The molecule has 0 unspecified atom stereocenters. The van der Waals surface area contributed by atoms with Gasteiger partial charge in [-0.1, -0.05) is 0 Å². The molecule has 0 heterocycles. The number of nitrogens with one attached hydrogen (secondary N) is 2. The average molecular weight is 527 g/mol. The second kappa shape index (κ2) is 15.2. The van der Waals surface area contributed by atoms with Crippen LogP contribution in [-0.4, -0.2) is 46.7 Å². The first-order valence-electron chi connectivity index (χ1n) is 11.5.